The van der Waals surface area contributed by atoms with E-state index in [4.69, 9.17) is 10.5 Å². The van der Waals surface area contributed by atoms with Crippen LogP contribution in [0.5, 0.6) is 5.75 Å². The molecule has 0 amide bonds. The van der Waals surface area contributed by atoms with Gasteiger partial charge in [0.1, 0.15) is 15.6 Å². The van der Waals surface area contributed by atoms with E-state index in [1.165, 1.54) is 0 Å². The minimum Gasteiger partial charge on any atom is -0.495 e. The molecular weight excluding hydrogens is 238 g/mol. The number of sulfone groups is 1. The fraction of sp³-hybridized carbons (Fsp3) is 0.500. The van der Waals surface area contributed by atoms with Crippen molar-refractivity contribution in [2.75, 3.05) is 24.3 Å². The van der Waals surface area contributed by atoms with Crippen LogP contribution in [0, 0.1) is 0 Å². The zero-order valence-electron chi connectivity index (χ0n) is 9.85. The maximum Gasteiger partial charge on any atom is 0.150 e. The molecule has 2 rings (SSSR count). The van der Waals surface area contributed by atoms with Crippen LogP contribution in [0.2, 0.25) is 0 Å². The van der Waals surface area contributed by atoms with E-state index >= 15 is 0 Å². The zero-order valence-corrected chi connectivity index (χ0v) is 10.7. The summed E-state index contributed by atoms with van der Waals surface area (Å²) in [5, 5.41) is 0. The first-order chi connectivity index (χ1) is 8.02. The van der Waals surface area contributed by atoms with Gasteiger partial charge >= 0.3 is 0 Å². The van der Waals surface area contributed by atoms with E-state index in [1.54, 1.807) is 7.11 Å². The SMILES string of the molecule is COc1cc(C2CCS(=O)(=O)CC2)ccc1N. The van der Waals surface area contributed by atoms with Gasteiger partial charge in [-0.25, -0.2) is 8.42 Å². The first-order valence-corrected chi connectivity index (χ1v) is 7.48. The summed E-state index contributed by atoms with van der Waals surface area (Å²) in [5.41, 5.74) is 7.48. The summed E-state index contributed by atoms with van der Waals surface area (Å²) >= 11 is 0. The average Bonchev–Trinajstić information content (AvgIpc) is 2.30. The lowest BCUT2D eigenvalue weighted by atomic mass is 9.93. The molecule has 0 atom stereocenters. The number of nitrogen functional groups attached to an aromatic ring is 1. The van der Waals surface area contributed by atoms with Gasteiger partial charge in [0.25, 0.3) is 0 Å². The molecule has 1 aliphatic heterocycles. The fourth-order valence-electron chi connectivity index (χ4n) is 2.21. The molecule has 5 heteroatoms. The molecule has 1 heterocycles. The van der Waals surface area contributed by atoms with E-state index in [2.05, 4.69) is 0 Å². The molecule has 0 radical (unpaired) electrons. The lowest BCUT2D eigenvalue weighted by molar-refractivity contribution is 0.415. The highest BCUT2D eigenvalue weighted by Crippen LogP contribution is 2.33. The van der Waals surface area contributed by atoms with E-state index in [-0.39, 0.29) is 11.5 Å². The molecule has 0 bridgehead atoms. The average molecular weight is 255 g/mol. The quantitative estimate of drug-likeness (QED) is 0.814. The number of nitrogens with two attached hydrogens (primary N) is 1. The second-order valence-corrected chi connectivity index (χ2v) is 6.73. The van der Waals surface area contributed by atoms with Crippen molar-refractivity contribution in [3.05, 3.63) is 23.8 Å². The van der Waals surface area contributed by atoms with E-state index < -0.39 is 9.84 Å². The summed E-state index contributed by atoms with van der Waals surface area (Å²) in [7, 11) is -1.22. The number of benzene rings is 1. The Kier molecular flexibility index (Phi) is 3.28. The summed E-state index contributed by atoms with van der Waals surface area (Å²) in [6.45, 7) is 0. The first kappa shape index (κ1) is 12.2. The van der Waals surface area contributed by atoms with Crippen LogP contribution in [-0.2, 0) is 9.84 Å². The normalized spacial score (nSPS) is 20.1. The second-order valence-electron chi connectivity index (χ2n) is 4.43. The van der Waals surface area contributed by atoms with Gasteiger partial charge in [0.2, 0.25) is 0 Å². The van der Waals surface area contributed by atoms with Crippen molar-refractivity contribution in [1.29, 1.82) is 0 Å². The molecule has 1 saturated heterocycles. The van der Waals surface area contributed by atoms with E-state index in [9.17, 15) is 8.42 Å². The summed E-state index contributed by atoms with van der Waals surface area (Å²) in [6.07, 6.45) is 1.38. The molecular formula is C12H17NO3S. The Bertz CT molecular complexity index is 496. The van der Waals surface area contributed by atoms with Crippen LogP contribution in [-0.4, -0.2) is 27.0 Å². The van der Waals surface area contributed by atoms with Crippen LogP contribution in [0.15, 0.2) is 18.2 Å². The minimum atomic E-state index is -2.80. The summed E-state index contributed by atoms with van der Waals surface area (Å²) in [6, 6.07) is 5.69. The highest BCUT2D eigenvalue weighted by atomic mass is 32.2. The molecule has 1 fully saturated rings. The predicted molar refractivity (Wildman–Crippen MR) is 68.0 cm³/mol. The number of rotatable bonds is 2. The molecule has 94 valence electrons. The van der Waals surface area contributed by atoms with Gasteiger partial charge < -0.3 is 10.5 Å². The Morgan fingerprint density at radius 3 is 2.53 bits per heavy atom. The van der Waals surface area contributed by atoms with Crippen molar-refractivity contribution < 1.29 is 13.2 Å². The Morgan fingerprint density at radius 1 is 1.29 bits per heavy atom. The van der Waals surface area contributed by atoms with Crippen LogP contribution >= 0.6 is 0 Å². The molecule has 0 aromatic heterocycles. The van der Waals surface area contributed by atoms with Crippen molar-refractivity contribution >= 4 is 15.5 Å². The number of anilines is 1. The van der Waals surface area contributed by atoms with E-state index in [0.29, 0.717) is 30.2 Å². The number of hydrogen-bond acceptors (Lipinski definition) is 4. The van der Waals surface area contributed by atoms with E-state index in [1.807, 2.05) is 18.2 Å². The molecule has 1 aliphatic rings. The lowest BCUT2D eigenvalue weighted by Gasteiger charge is -2.22. The standard InChI is InChI=1S/C12H17NO3S/c1-16-12-8-10(2-3-11(12)13)9-4-6-17(14,15)7-5-9/h2-3,8-9H,4-7,13H2,1H3. The molecule has 1 aromatic carbocycles. The van der Waals surface area contributed by atoms with Crippen LogP contribution in [0.25, 0.3) is 0 Å². The van der Waals surface area contributed by atoms with Gasteiger partial charge in [0.05, 0.1) is 24.3 Å². The fourth-order valence-corrected chi connectivity index (χ4v) is 3.70. The molecule has 4 nitrogen and oxygen atoms in total. The van der Waals surface area contributed by atoms with Crippen LogP contribution in [0.1, 0.15) is 24.3 Å². The Labute approximate surface area is 102 Å². The molecule has 17 heavy (non-hydrogen) atoms. The predicted octanol–water partition coefficient (Wildman–Crippen LogP) is 1.57. The molecule has 0 saturated carbocycles. The van der Waals surface area contributed by atoms with Crippen LogP contribution < -0.4 is 10.5 Å². The molecule has 0 unspecified atom stereocenters. The molecule has 2 N–H and O–H groups in total. The van der Waals surface area contributed by atoms with E-state index in [0.717, 1.165) is 5.56 Å². The minimum absolute atomic E-state index is 0.282. The molecule has 1 aromatic rings. The topological polar surface area (TPSA) is 69.4 Å². The van der Waals surface area contributed by atoms with Crippen LogP contribution in [0.3, 0.4) is 0 Å². The van der Waals surface area contributed by atoms with Crippen LogP contribution in [0.4, 0.5) is 5.69 Å². The number of hydrogen-bond donors (Lipinski definition) is 1. The molecule has 0 spiro atoms. The third-order valence-corrected chi connectivity index (χ3v) is 5.00. The number of ether oxygens (including phenoxy) is 1. The maximum atomic E-state index is 11.4. The highest BCUT2D eigenvalue weighted by Gasteiger charge is 2.25. The summed E-state index contributed by atoms with van der Waals surface area (Å²) in [4.78, 5) is 0. The first-order valence-electron chi connectivity index (χ1n) is 5.65. The zero-order chi connectivity index (χ0) is 12.5. The Hall–Kier alpha value is -1.23. The maximum absolute atomic E-state index is 11.4. The van der Waals surface area contributed by atoms with Crippen molar-refractivity contribution in [2.24, 2.45) is 0 Å². The monoisotopic (exact) mass is 255 g/mol. The van der Waals surface area contributed by atoms with Crippen molar-refractivity contribution in [1.82, 2.24) is 0 Å². The van der Waals surface area contributed by atoms with Gasteiger partial charge in [-0.15, -0.1) is 0 Å². The van der Waals surface area contributed by atoms with Gasteiger partial charge in [0.15, 0.2) is 0 Å². The van der Waals surface area contributed by atoms with Gasteiger partial charge in [0, 0.05) is 0 Å². The Morgan fingerprint density at radius 2 is 1.94 bits per heavy atom. The van der Waals surface area contributed by atoms with Gasteiger partial charge in [-0.1, -0.05) is 6.07 Å². The van der Waals surface area contributed by atoms with Crippen molar-refractivity contribution in [2.45, 2.75) is 18.8 Å². The lowest BCUT2D eigenvalue weighted by Crippen LogP contribution is -2.22. The second kappa shape index (κ2) is 4.56. The third kappa shape index (κ3) is 2.72. The third-order valence-electron chi connectivity index (χ3n) is 3.28. The van der Waals surface area contributed by atoms with Gasteiger partial charge in [-0.3, -0.25) is 0 Å². The Balaban J connectivity index is 2.19. The van der Waals surface area contributed by atoms with Crippen molar-refractivity contribution in [3.63, 3.8) is 0 Å². The summed E-state index contributed by atoms with van der Waals surface area (Å²) in [5.74, 6) is 1.53. The summed E-state index contributed by atoms with van der Waals surface area (Å²) < 4.78 is 27.9. The number of methoxy groups -OCH3 is 1. The van der Waals surface area contributed by atoms with Gasteiger partial charge in [-0.05, 0) is 36.5 Å². The largest absolute Gasteiger partial charge is 0.495 e. The van der Waals surface area contributed by atoms with Crippen molar-refractivity contribution in [3.8, 4) is 5.75 Å². The highest BCUT2D eigenvalue weighted by molar-refractivity contribution is 7.91. The van der Waals surface area contributed by atoms with Gasteiger partial charge in [-0.2, -0.15) is 0 Å². The smallest absolute Gasteiger partial charge is 0.150 e. The molecule has 0 aliphatic carbocycles.